The zero-order valence-corrected chi connectivity index (χ0v) is 10.1. The lowest BCUT2D eigenvalue weighted by Gasteiger charge is -2.60. The Morgan fingerprint density at radius 1 is 1.40 bits per heavy atom. The molecule has 2 bridgehead atoms. The number of fused-ring (bicyclic) bond motifs is 2. The molecule has 0 radical (unpaired) electrons. The van der Waals surface area contributed by atoms with E-state index in [2.05, 4.69) is 13.8 Å². The van der Waals surface area contributed by atoms with Crippen molar-refractivity contribution in [3.8, 4) is 0 Å². The summed E-state index contributed by atoms with van der Waals surface area (Å²) in [6.07, 6.45) is 3.50. The molecule has 0 saturated heterocycles. The third-order valence-electron chi connectivity index (χ3n) is 4.45. The average Bonchev–Trinajstić information content (AvgIpc) is 2.13. The van der Waals surface area contributed by atoms with Gasteiger partial charge >= 0.3 is 10.3 Å². The van der Waals surface area contributed by atoms with E-state index < -0.39 is 10.3 Å². The van der Waals surface area contributed by atoms with Gasteiger partial charge in [0.1, 0.15) is 0 Å². The van der Waals surface area contributed by atoms with Crippen molar-refractivity contribution in [1.29, 1.82) is 0 Å². The van der Waals surface area contributed by atoms with Crippen LogP contribution < -0.4 is 5.14 Å². The first-order valence-corrected chi connectivity index (χ1v) is 6.95. The highest BCUT2D eigenvalue weighted by molar-refractivity contribution is 7.84. The lowest BCUT2D eigenvalue weighted by molar-refractivity contribution is -0.113. The molecule has 88 valence electrons. The summed E-state index contributed by atoms with van der Waals surface area (Å²) in [7, 11) is -3.77. The Bertz CT molecular complexity index is 348. The molecule has 4 nitrogen and oxygen atoms in total. The number of hydrogen-bond acceptors (Lipinski definition) is 3. The molecule has 0 spiro atoms. The molecule has 3 rings (SSSR count). The predicted molar refractivity (Wildman–Crippen MR) is 57.2 cm³/mol. The Morgan fingerprint density at radius 3 is 2.53 bits per heavy atom. The van der Waals surface area contributed by atoms with Gasteiger partial charge < -0.3 is 0 Å². The Balaban J connectivity index is 1.94. The highest BCUT2D eigenvalue weighted by Gasteiger charge is 2.54. The molecule has 2 N–H and O–H groups in total. The first-order chi connectivity index (χ1) is 6.81. The van der Waals surface area contributed by atoms with Crippen LogP contribution in [-0.2, 0) is 14.5 Å². The van der Waals surface area contributed by atoms with Crippen LogP contribution >= 0.6 is 0 Å². The van der Waals surface area contributed by atoms with Crippen LogP contribution in [0.1, 0.15) is 33.1 Å². The zero-order chi connectivity index (χ0) is 11.3. The molecular formula is C10H19NO3S. The van der Waals surface area contributed by atoms with Crippen LogP contribution in [-0.4, -0.2) is 15.0 Å². The SMILES string of the molecule is CC1(C)[C@H]2CC[C@H](COS(N)(=O)=O)[C@@H]1C2. The van der Waals surface area contributed by atoms with E-state index in [0.717, 1.165) is 12.3 Å². The van der Waals surface area contributed by atoms with Crippen molar-refractivity contribution >= 4 is 10.3 Å². The van der Waals surface area contributed by atoms with E-state index in [0.29, 0.717) is 17.3 Å². The molecule has 3 atom stereocenters. The van der Waals surface area contributed by atoms with Gasteiger partial charge in [-0.15, -0.1) is 0 Å². The monoisotopic (exact) mass is 233 g/mol. The van der Waals surface area contributed by atoms with Crippen LogP contribution in [0.25, 0.3) is 0 Å². The van der Waals surface area contributed by atoms with Crippen LogP contribution in [0.15, 0.2) is 0 Å². The van der Waals surface area contributed by atoms with E-state index in [1.54, 1.807) is 0 Å². The van der Waals surface area contributed by atoms with E-state index in [1.165, 1.54) is 12.8 Å². The fourth-order valence-electron chi connectivity index (χ4n) is 3.34. The minimum atomic E-state index is -3.77. The Morgan fingerprint density at radius 2 is 2.07 bits per heavy atom. The number of rotatable bonds is 3. The van der Waals surface area contributed by atoms with Crippen molar-refractivity contribution in [3.05, 3.63) is 0 Å². The minimum Gasteiger partial charge on any atom is -0.258 e. The molecule has 3 saturated carbocycles. The molecule has 0 aliphatic heterocycles. The van der Waals surface area contributed by atoms with Gasteiger partial charge in [-0.1, -0.05) is 13.8 Å². The predicted octanol–water partition coefficient (Wildman–Crippen LogP) is 1.28. The maximum absolute atomic E-state index is 10.7. The minimum absolute atomic E-state index is 0.264. The summed E-state index contributed by atoms with van der Waals surface area (Å²) in [5.41, 5.74) is 0.366. The van der Waals surface area contributed by atoms with Crippen LogP contribution in [0, 0.1) is 23.2 Å². The lowest BCUT2D eigenvalue weighted by atomic mass is 9.46. The van der Waals surface area contributed by atoms with Crippen molar-refractivity contribution in [2.45, 2.75) is 33.1 Å². The van der Waals surface area contributed by atoms with Gasteiger partial charge in [0.2, 0.25) is 0 Å². The summed E-state index contributed by atoms with van der Waals surface area (Å²) >= 11 is 0. The van der Waals surface area contributed by atoms with Crippen molar-refractivity contribution in [3.63, 3.8) is 0 Å². The molecule has 3 fully saturated rings. The summed E-state index contributed by atoms with van der Waals surface area (Å²) in [6.45, 7) is 4.81. The van der Waals surface area contributed by atoms with Crippen molar-refractivity contribution in [2.75, 3.05) is 6.61 Å². The smallest absolute Gasteiger partial charge is 0.258 e. The van der Waals surface area contributed by atoms with Gasteiger partial charge in [0, 0.05) is 0 Å². The van der Waals surface area contributed by atoms with Gasteiger partial charge in [-0.05, 0) is 42.4 Å². The molecule has 3 aliphatic rings. The molecule has 0 unspecified atom stereocenters. The highest BCUT2D eigenvalue weighted by Crippen LogP contribution is 2.61. The van der Waals surface area contributed by atoms with E-state index in [4.69, 9.17) is 9.32 Å². The maximum Gasteiger partial charge on any atom is 0.333 e. The van der Waals surface area contributed by atoms with Crippen molar-refractivity contribution in [2.24, 2.45) is 28.3 Å². The average molecular weight is 233 g/mol. The normalized spacial score (nSPS) is 38.5. The largest absolute Gasteiger partial charge is 0.333 e. The molecular weight excluding hydrogens is 214 g/mol. The third kappa shape index (κ3) is 2.05. The summed E-state index contributed by atoms with van der Waals surface area (Å²) in [5.74, 6) is 1.80. The second kappa shape index (κ2) is 3.43. The van der Waals surface area contributed by atoms with Gasteiger partial charge in [-0.2, -0.15) is 8.42 Å². The van der Waals surface area contributed by atoms with Crippen LogP contribution in [0.4, 0.5) is 0 Å². The molecule has 0 heterocycles. The topological polar surface area (TPSA) is 69.4 Å². The fourth-order valence-corrected chi connectivity index (χ4v) is 3.71. The Hall–Kier alpha value is -0.130. The molecule has 0 aromatic heterocycles. The summed E-state index contributed by atoms with van der Waals surface area (Å²) in [5, 5.41) is 4.83. The van der Waals surface area contributed by atoms with Gasteiger partial charge in [-0.3, -0.25) is 4.18 Å². The summed E-state index contributed by atoms with van der Waals surface area (Å²) in [6, 6.07) is 0. The number of hydrogen-bond donors (Lipinski definition) is 1. The number of nitrogens with two attached hydrogens (primary N) is 1. The molecule has 15 heavy (non-hydrogen) atoms. The quantitative estimate of drug-likeness (QED) is 0.798. The molecule has 5 heteroatoms. The van der Waals surface area contributed by atoms with Gasteiger partial charge in [0.15, 0.2) is 0 Å². The molecule has 0 aromatic rings. The Labute approximate surface area is 91.4 Å². The zero-order valence-electron chi connectivity index (χ0n) is 9.27. The fraction of sp³-hybridized carbons (Fsp3) is 1.00. The van der Waals surface area contributed by atoms with Crippen LogP contribution in [0.3, 0.4) is 0 Å². The molecule has 0 amide bonds. The third-order valence-corrected chi connectivity index (χ3v) is 4.91. The van der Waals surface area contributed by atoms with Gasteiger partial charge in [-0.25, -0.2) is 5.14 Å². The van der Waals surface area contributed by atoms with Gasteiger partial charge in [0.25, 0.3) is 0 Å². The van der Waals surface area contributed by atoms with E-state index in [1.807, 2.05) is 0 Å². The van der Waals surface area contributed by atoms with Crippen molar-refractivity contribution < 1.29 is 12.6 Å². The highest BCUT2D eigenvalue weighted by atomic mass is 32.2. The second-order valence-corrected chi connectivity index (χ2v) is 6.70. The summed E-state index contributed by atoms with van der Waals surface area (Å²) < 4.78 is 26.1. The maximum atomic E-state index is 10.7. The first kappa shape index (κ1) is 11.4. The molecule has 3 aliphatic carbocycles. The standard InChI is InChI=1S/C10H19NO3S/c1-10(2)8-4-3-7(9(10)5-8)6-14-15(11,12)13/h7-9H,3-6H2,1-2H3,(H2,11,12,13)/t7-,8+,9+/m1/s1. The lowest BCUT2D eigenvalue weighted by Crippen LogP contribution is -2.53. The second-order valence-electron chi connectivity index (χ2n) is 5.48. The van der Waals surface area contributed by atoms with E-state index in [9.17, 15) is 8.42 Å². The molecule has 0 aromatic carbocycles. The van der Waals surface area contributed by atoms with Crippen molar-refractivity contribution in [1.82, 2.24) is 0 Å². The Kier molecular flexibility index (Phi) is 2.60. The first-order valence-electron chi connectivity index (χ1n) is 5.48. The van der Waals surface area contributed by atoms with E-state index in [-0.39, 0.29) is 6.61 Å². The summed E-state index contributed by atoms with van der Waals surface area (Å²) in [4.78, 5) is 0. The van der Waals surface area contributed by atoms with E-state index >= 15 is 0 Å². The van der Waals surface area contributed by atoms with Crippen LogP contribution in [0.2, 0.25) is 0 Å². The van der Waals surface area contributed by atoms with Gasteiger partial charge in [0.05, 0.1) is 6.61 Å². The van der Waals surface area contributed by atoms with Crippen LogP contribution in [0.5, 0.6) is 0 Å².